The van der Waals surface area contributed by atoms with E-state index in [4.69, 9.17) is 14.2 Å². The van der Waals surface area contributed by atoms with Gasteiger partial charge in [-0.2, -0.15) is 5.10 Å². The van der Waals surface area contributed by atoms with Crippen LogP contribution in [0.4, 0.5) is 0 Å². The highest BCUT2D eigenvalue weighted by atomic mass is 16.6. The van der Waals surface area contributed by atoms with Gasteiger partial charge in [0, 0.05) is 5.56 Å². The third kappa shape index (κ3) is 4.07. The van der Waals surface area contributed by atoms with E-state index in [1.165, 1.54) is 6.33 Å². The third-order valence-corrected chi connectivity index (χ3v) is 4.29. The van der Waals surface area contributed by atoms with Gasteiger partial charge in [0.05, 0.1) is 18.9 Å². The largest absolute Gasteiger partial charge is 0.490 e. The number of rotatable bonds is 7. The van der Waals surface area contributed by atoms with Gasteiger partial charge in [-0.05, 0) is 55.8 Å². The fraction of sp³-hybridized carbons (Fsp3) is 0.182. The molecule has 2 heterocycles. The van der Waals surface area contributed by atoms with Gasteiger partial charge in [0.25, 0.3) is 0 Å². The number of hydrogen-bond acceptors (Lipinski definition) is 7. The molecule has 3 aromatic rings. The molecule has 0 aliphatic carbocycles. The molecule has 1 aliphatic heterocycles. The van der Waals surface area contributed by atoms with Crippen LogP contribution in [0, 0.1) is 0 Å². The molecule has 0 saturated heterocycles. The molecule has 8 nitrogen and oxygen atoms in total. The van der Waals surface area contributed by atoms with Crippen molar-refractivity contribution >= 4 is 17.9 Å². The predicted molar refractivity (Wildman–Crippen MR) is 111 cm³/mol. The molecule has 8 heteroatoms. The number of cyclic esters (lactones) is 1. The smallest absolute Gasteiger partial charge is 0.363 e. The number of hydrogen-bond donors (Lipinski definition) is 0. The van der Waals surface area contributed by atoms with Crippen molar-refractivity contribution in [3.63, 3.8) is 0 Å². The molecule has 1 aromatic heterocycles. The van der Waals surface area contributed by atoms with Crippen molar-refractivity contribution in [2.75, 3.05) is 13.2 Å². The summed E-state index contributed by atoms with van der Waals surface area (Å²) in [6, 6.07) is 12.8. The molecule has 30 heavy (non-hydrogen) atoms. The van der Waals surface area contributed by atoms with E-state index >= 15 is 0 Å². The van der Waals surface area contributed by atoms with Gasteiger partial charge in [0.1, 0.15) is 12.7 Å². The van der Waals surface area contributed by atoms with Crippen LogP contribution >= 0.6 is 0 Å². The maximum Gasteiger partial charge on any atom is 0.363 e. The van der Waals surface area contributed by atoms with Gasteiger partial charge in [0.2, 0.25) is 5.90 Å². The maximum absolute atomic E-state index is 12.3. The second-order valence-electron chi connectivity index (χ2n) is 6.30. The number of nitrogens with zero attached hydrogens (tertiary/aromatic N) is 4. The molecule has 1 aliphatic rings. The first-order chi connectivity index (χ1) is 14.7. The van der Waals surface area contributed by atoms with Crippen LogP contribution in [0.15, 0.2) is 65.8 Å². The molecule has 4 rings (SSSR count). The van der Waals surface area contributed by atoms with Crippen molar-refractivity contribution in [1.29, 1.82) is 0 Å². The van der Waals surface area contributed by atoms with E-state index in [1.807, 2.05) is 38.1 Å². The van der Waals surface area contributed by atoms with Crippen molar-refractivity contribution in [3.05, 3.63) is 71.9 Å². The van der Waals surface area contributed by atoms with E-state index in [0.29, 0.717) is 30.3 Å². The fourth-order valence-electron chi connectivity index (χ4n) is 2.94. The molecular weight excluding hydrogens is 384 g/mol. The lowest BCUT2D eigenvalue weighted by Gasteiger charge is -2.11. The first-order valence-corrected chi connectivity index (χ1v) is 9.55. The van der Waals surface area contributed by atoms with Crippen molar-refractivity contribution in [2.45, 2.75) is 13.8 Å². The first kappa shape index (κ1) is 19.4. The second kappa shape index (κ2) is 8.60. The standard InChI is InChI=1S/C22H20N4O4/c1-3-28-19-10-7-16(12-20(19)29-4-2)21-25-18(22(27)30-21)11-15-5-8-17(9-6-15)26-14-23-13-24-26/h5-14H,3-4H2,1-2H3/b18-11-. The lowest BCUT2D eigenvalue weighted by molar-refractivity contribution is -0.129. The average Bonchev–Trinajstić information content (AvgIpc) is 3.41. The second-order valence-corrected chi connectivity index (χ2v) is 6.30. The predicted octanol–water partition coefficient (Wildman–Crippen LogP) is 3.41. The molecule has 0 unspecified atom stereocenters. The minimum Gasteiger partial charge on any atom is -0.490 e. The van der Waals surface area contributed by atoms with Crippen LogP contribution in [0.1, 0.15) is 25.0 Å². The Bertz CT molecular complexity index is 1100. The molecular formula is C22H20N4O4. The highest BCUT2D eigenvalue weighted by Crippen LogP contribution is 2.30. The summed E-state index contributed by atoms with van der Waals surface area (Å²) < 4.78 is 18.2. The third-order valence-electron chi connectivity index (χ3n) is 4.29. The Morgan fingerprint density at radius 1 is 1.03 bits per heavy atom. The van der Waals surface area contributed by atoms with Gasteiger partial charge in [-0.1, -0.05) is 12.1 Å². The number of ether oxygens (including phenoxy) is 3. The normalized spacial score (nSPS) is 14.5. The summed E-state index contributed by atoms with van der Waals surface area (Å²) in [7, 11) is 0. The highest BCUT2D eigenvalue weighted by molar-refractivity contribution is 6.13. The molecule has 2 aromatic carbocycles. The SMILES string of the molecule is CCOc1ccc(C2=N/C(=C\c3ccc(-n4cncn4)cc3)C(=O)O2)cc1OCC. The van der Waals surface area contributed by atoms with Crippen molar-refractivity contribution in [1.82, 2.24) is 14.8 Å². The monoisotopic (exact) mass is 404 g/mol. The van der Waals surface area contributed by atoms with Crippen LogP contribution in [0.3, 0.4) is 0 Å². The molecule has 0 spiro atoms. The van der Waals surface area contributed by atoms with Gasteiger partial charge in [-0.25, -0.2) is 19.5 Å². The van der Waals surface area contributed by atoms with Gasteiger partial charge < -0.3 is 14.2 Å². The number of aliphatic imine (C=N–C) groups is 1. The van der Waals surface area contributed by atoms with E-state index in [9.17, 15) is 4.79 Å². The van der Waals surface area contributed by atoms with E-state index in [0.717, 1.165) is 11.3 Å². The Balaban J connectivity index is 1.59. The Hall–Kier alpha value is -3.94. The first-order valence-electron chi connectivity index (χ1n) is 9.55. The van der Waals surface area contributed by atoms with Crippen LogP contribution in [-0.2, 0) is 9.53 Å². The van der Waals surface area contributed by atoms with Crippen LogP contribution in [-0.4, -0.2) is 39.8 Å². The van der Waals surface area contributed by atoms with Crippen LogP contribution < -0.4 is 9.47 Å². The summed E-state index contributed by atoms with van der Waals surface area (Å²) >= 11 is 0. The summed E-state index contributed by atoms with van der Waals surface area (Å²) in [4.78, 5) is 20.6. The van der Waals surface area contributed by atoms with Gasteiger partial charge >= 0.3 is 5.97 Å². The van der Waals surface area contributed by atoms with Gasteiger partial charge in [-0.15, -0.1) is 0 Å². The zero-order valence-corrected chi connectivity index (χ0v) is 16.6. The fourth-order valence-corrected chi connectivity index (χ4v) is 2.94. The number of carbonyl (C=O) groups is 1. The van der Waals surface area contributed by atoms with Crippen molar-refractivity contribution in [3.8, 4) is 17.2 Å². The maximum atomic E-state index is 12.3. The number of esters is 1. The Morgan fingerprint density at radius 2 is 1.80 bits per heavy atom. The molecule has 0 radical (unpaired) electrons. The molecule has 0 amide bonds. The number of aromatic nitrogens is 3. The lowest BCUT2D eigenvalue weighted by Crippen LogP contribution is -2.06. The van der Waals surface area contributed by atoms with E-state index in [1.54, 1.807) is 35.3 Å². The van der Waals surface area contributed by atoms with Crippen molar-refractivity contribution < 1.29 is 19.0 Å². The molecule has 0 fully saturated rings. The molecule has 0 atom stereocenters. The van der Waals surface area contributed by atoms with E-state index in [2.05, 4.69) is 15.1 Å². The molecule has 0 bridgehead atoms. The average molecular weight is 404 g/mol. The van der Waals surface area contributed by atoms with E-state index < -0.39 is 5.97 Å². The minimum absolute atomic E-state index is 0.227. The molecule has 0 N–H and O–H groups in total. The zero-order chi connectivity index (χ0) is 20.9. The quantitative estimate of drug-likeness (QED) is 0.443. The zero-order valence-electron chi connectivity index (χ0n) is 16.6. The summed E-state index contributed by atoms with van der Waals surface area (Å²) in [5.74, 6) is 0.944. The molecule has 0 saturated carbocycles. The number of carbonyl (C=O) groups excluding carboxylic acids is 1. The summed E-state index contributed by atoms with van der Waals surface area (Å²) in [6.45, 7) is 4.82. The van der Waals surface area contributed by atoms with Gasteiger partial charge in [-0.3, -0.25) is 0 Å². The van der Waals surface area contributed by atoms with Gasteiger partial charge in [0.15, 0.2) is 17.2 Å². The lowest BCUT2D eigenvalue weighted by atomic mass is 10.1. The Kier molecular flexibility index (Phi) is 5.56. The highest BCUT2D eigenvalue weighted by Gasteiger charge is 2.25. The van der Waals surface area contributed by atoms with Crippen LogP contribution in [0.2, 0.25) is 0 Å². The summed E-state index contributed by atoms with van der Waals surface area (Å²) in [5.41, 5.74) is 2.55. The summed E-state index contributed by atoms with van der Waals surface area (Å²) in [5, 5.41) is 4.09. The summed E-state index contributed by atoms with van der Waals surface area (Å²) in [6.07, 6.45) is 4.77. The van der Waals surface area contributed by atoms with Crippen LogP contribution in [0.25, 0.3) is 11.8 Å². The van der Waals surface area contributed by atoms with Crippen molar-refractivity contribution in [2.24, 2.45) is 4.99 Å². The molecule has 152 valence electrons. The Morgan fingerprint density at radius 3 is 2.50 bits per heavy atom. The topological polar surface area (TPSA) is 87.8 Å². The number of benzene rings is 2. The Labute approximate surface area is 173 Å². The van der Waals surface area contributed by atoms with E-state index in [-0.39, 0.29) is 11.6 Å². The van der Waals surface area contributed by atoms with Crippen LogP contribution in [0.5, 0.6) is 11.5 Å². The minimum atomic E-state index is -0.503.